The lowest BCUT2D eigenvalue weighted by Crippen LogP contribution is -2.49. The Hall–Kier alpha value is -0.710. The highest BCUT2D eigenvalue weighted by Crippen LogP contribution is 2.43. The third-order valence-corrected chi connectivity index (χ3v) is 7.47. The number of nitrogens with one attached hydrogen (secondary N) is 1. The molecule has 4 rings (SSSR count). The van der Waals surface area contributed by atoms with Crippen LogP contribution in [-0.4, -0.2) is 17.7 Å². The van der Waals surface area contributed by atoms with E-state index in [9.17, 15) is 4.79 Å². The second-order valence-corrected chi connectivity index (χ2v) is 9.15. The number of rotatable bonds is 2. The summed E-state index contributed by atoms with van der Waals surface area (Å²) in [7, 11) is 0. The Bertz CT molecular complexity index is 624. The zero-order chi connectivity index (χ0) is 16.7. The summed E-state index contributed by atoms with van der Waals surface area (Å²) in [6.07, 6.45) is 6.58. The molecule has 1 aliphatic heterocycles. The molecular formula is C19H25ClN2OS. The van der Waals surface area contributed by atoms with Gasteiger partial charge in [-0.25, -0.2) is 0 Å². The number of hydrogen-bond acceptors (Lipinski definition) is 3. The molecule has 0 spiro atoms. The number of hydrogen-bond donors (Lipinski definition) is 2. The van der Waals surface area contributed by atoms with Crippen molar-refractivity contribution in [3.05, 3.63) is 28.8 Å². The predicted octanol–water partition coefficient (Wildman–Crippen LogP) is 4.15. The molecule has 0 saturated heterocycles. The van der Waals surface area contributed by atoms with Gasteiger partial charge in [0.05, 0.1) is 6.04 Å². The minimum atomic E-state index is 0.0999. The first-order valence-electron chi connectivity index (χ1n) is 9.10. The smallest absolute Gasteiger partial charge is 0.223 e. The van der Waals surface area contributed by atoms with Crippen molar-refractivity contribution in [3.63, 3.8) is 0 Å². The van der Waals surface area contributed by atoms with Gasteiger partial charge < -0.3 is 11.1 Å². The van der Waals surface area contributed by atoms with E-state index in [1.165, 1.54) is 29.7 Å². The van der Waals surface area contributed by atoms with Crippen molar-refractivity contribution in [1.29, 1.82) is 0 Å². The molecule has 24 heavy (non-hydrogen) atoms. The largest absolute Gasteiger partial charge is 0.349 e. The first kappa shape index (κ1) is 16.7. The van der Waals surface area contributed by atoms with Gasteiger partial charge in [-0.05, 0) is 67.7 Å². The van der Waals surface area contributed by atoms with Crippen LogP contribution in [0.15, 0.2) is 23.1 Å². The van der Waals surface area contributed by atoms with Gasteiger partial charge in [-0.3, -0.25) is 4.79 Å². The molecule has 2 saturated carbocycles. The number of amides is 1. The number of nitrogens with two attached hydrogens (primary N) is 1. The van der Waals surface area contributed by atoms with E-state index in [1.807, 2.05) is 23.9 Å². The molecule has 130 valence electrons. The van der Waals surface area contributed by atoms with E-state index in [0.717, 1.165) is 30.0 Å². The molecule has 1 aromatic carbocycles. The fourth-order valence-corrected chi connectivity index (χ4v) is 6.09. The maximum Gasteiger partial charge on any atom is 0.223 e. The maximum atomic E-state index is 12.9. The third kappa shape index (κ3) is 3.21. The molecule has 3 unspecified atom stereocenters. The Morgan fingerprint density at radius 2 is 1.96 bits per heavy atom. The normalized spacial score (nSPS) is 35.2. The summed E-state index contributed by atoms with van der Waals surface area (Å²) in [5.74, 6) is 2.48. The highest BCUT2D eigenvalue weighted by atomic mass is 35.5. The Morgan fingerprint density at radius 1 is 1.21 bits per heavy atom. The van der Waals surface area contributed by atoms with Crippen molar-refractivity contribution in [1.82, 2.24) is 5.32 Å². The quantitative estimate of drug-likeness (QED) is 0.828. The van der Waals surface area contributed by atoms with E-state index >= 15 is 0 Å². The molecule has 3 nitrogen and oxygen atoms in total. The summed E-state index contributed by atoms with van der Waals surface area (Å²) in [5.41, 5.74) is 7.54. The molecular weight excluding hydrogens is 340 g/mol. The van der Waals surface area contributed by atoms with Gasteiger partial charge in [0.2, 0.25) is 5.91 Å². The van der Waals surface area contributed by atoms with Gasteiger partial charge in [-0.2, -0.15) is 0 Å². The number of fused-ring (bicyclic) bond motifs is 3. The molecule has 3 atom stereocenters. The van der Waals surface area contributed by atoms with Gasteiger partial charge in [0.15, 0.2) is 0 Å². The molecule has 0 radical (unpaired) electrons. The SMILES string of the molecule is NC1C2CCCC1CC(C(=O)NC1CCSc3ccc(Cl)cc31)C2. The first-order valence-corrected chi connectivity index (χ1v) is 10.5. The molecule has 1 heterocycles. The highest BCUT2D eigenvalue weighted by Gasteiger charge is 2.41. The third-order valence-electron chi connectivity index (χ3n) is 6.11. The number of benzene rings is 1. The summed E-state index contributed by atoms with van der Waals surface area (Å²) in [4.78, 5) is 14.2. The summed E-state index contributed by atoms with van der Waals surface area (Å²) in [5, 5.41) is 4.07. The van der Waals surface area contributed by atoms with Crippen molar-refractivity contribution in [2.45, 2.75) is 55.5 Å². The number of halogens is 1. The van der Waals surface area contributed by atoms with E-state index < -0.39 is 0 Å². The van der Waals surface area contributed by atoms with Crippen molar-refractivity contribution in [3.8, 4) is 0 Å². The van der Waals surface area contributed by atoms with Gasteiger partial charge >= 0.3 is 0 Å². The fourth-order valence-electron chi connectivity index (χ4n) is 4.81. The average Bonchev–Trinajstić information content (AvgIpc) is 2.55. The van der Waals surface area contributed by atoms with Crippen molar-refractivity contribution in [2.24, 2.45) is 23.5 Å². The lowest BCUT2D eigenvalue weighted by molar-refractivity contribution is -0.128. The number of thioether (sulfide) groups is 1. The second-order valence-electron chi connectivity index (χ2n) is 7.58. The molecule has 2 aliphatic carbocycles. The van der Waals surface area contributed by atoms with Crippen LogP contribution < -0.4 is 11.1 Å². The molecule has 3 aliphatic rings. The molecule has 1 aromatic rings. The van der Waals surface area contributed by atoms with Gasteiger partial charge in [0.25, 0.3) is 0 Å². The van der Waals surface area contributed by atoms with Gasteiger partial charge in [-0.15, -0.1) is 11.8 Å². The van der Waals surface area contributed by atoms with Crippen molar-refractivity contribution < 1.29 is 4.79 Å². The lowest BCUT2D eigenvalue weighted by atomic mass is 9.65. The van der Waals surface area contributed by atoms with Gasteiger partial charge in [0, 0.05) is 27.6 Å². The number of carbonyl (C=O) groups is 1. The average molecular weight is 365 g/mol. The molecule has 2 bridgehead atoms. The van der Waals surface area contributed by atoms with E-state index in [2.05, 4.69) is 11.4 Å². The molecule has 1 amide bonds. The summed E-state index contributed by atoms with van der Waals surface area (Å²) < 4.78 is 0. The minimum absolute atomic E-state index is 0.0999. The Balaban J connectivity index is 1.47. The second kappa shape index (κ2) is 6.89. The van der Waals surface area contributed by atoms with Gasteiger partial charge in [0.1, 0.15) is 0 Å². The Morgan fingerprint density at radius 3 is 2.71 bits per heavy atom. The van der Waals surface area contributed by atoms with E-state index in [4.69, 9.17) is 17.3 Å². The van der Waals surface area contributed by atoms with Crippen LogP contribution >= 0.6 is 23.4 Å². The molecule has 3 N–H and O–H groups in total. The minimum Gasteiger partial charge on any atom is -0.349 e. The van der Waals surface area contributed by atoms with Crippen LogP contribution in [-0.2, 0) is 4.79 Å². The van der Waals surface area contributed by atoms with Crippen LogP contribution in [0.1, 0.15) is 50.1 Å². The molecule has 5 heteroatoms. The summed E-state index contributed by atoms with van der Waals surface area (Å²) in [6.45, 7) is 0. The van der Waals surface area contributed by atoms with Crippen LogP contribution in [0.3, 0.4) is 0 Å². The monoisotopic (exact) mass is 364 g/mol. The fraction of sp³-hybridized carbons (Fsp3) is 0.632. The van der Waals surface area contributed by atoms with Crippen molar-refractivity contribution >= 4 is 29.3 Å². The first-order chi connectivity index (χ1) is 11.6. The topological polar surface area (TPSA) is 55.1 Å². The number of carbonyl (C=O) groups excluding carboxylic acids is 1. The van der Waals surface area contributed by atoms with Crippen LogP contribution in [0.4, 0.5) is 0 Å². The Kier molecular flexibility index (Phi) is 4.81. The zero-order valence-electron chi connectivity index (χ0n) is 13.8. The lowest BCUT2D eigenvalue weighted by Gasteiger charge is -2.43. The standard InChI is InChI=1S/C19H25ClN2OS/c20-14-4-5-17-15(10-14)16(6-7-24-17)22-19(23)13-8-11-2-1-3-12(9-13)18(11)21/h4-5,10-13,16,18H,1-3,6-9,21H2,(H,22,23). The summed E-state index contributed by atoms with van der Waals surface area (Å²) >= 11 is 8.02. The van der Waals surface area contributed by atoms with E-state index in [1.54, 1.807) is 0 Å². The van der Waals surface area contributed by atoms with Crippen LogP contribution in [0.2, 0.25) is 5.02 Å². The summed E-state index contributed by atoms with van der Waals surface area (Å²) in [6, 6.07) is 6.43. The predicted molar refractivity (Wildman–Crippen MR) is 99.2 cm³/mol. The maximum absolute atomic E-state index is 12.9. The molecule has 0 aromatic heterocycles. The van der Waals surface area contributed by atoms with Gasteiger partial charge in [-0.1, -0.05) is 18.0 Å². The van der Waals surface area contributed by atoms with Crippen LogP contribution in [0.25, 0.3) is 0 Å². The van der Waals surface area contributed by atoms with E-state index in [0.29, 0.717) is 17.9 Å². The van der Waals surface area contributed by atoms with Crippen LogP contribution in [0, 0.1) is 17.8 Å². The zero-order valence-corrected chi connectivity index (χ0v) is 15.4. The van der Waals surface area contributed by atoms with Crippen LogP contribution in [0.5, 0.6) is 0 Å². The highest BCUT2D eigenvalue weighted by molar-refractivity contribution is 7.99. The molecule has 2 fully saturated rings. The Labute approximate surface area is 153 Å². The van der Waals surface area contributed by atoms with Crippen molar-refractivity contribution in [2.75, 3.05) is 5.75 Å². The van der Waals surface area contributed by atoms with E-state index in [-0.39, 0.29) is 17.9 Å².